The van der Waals surface area contributed by atoms with Gasteiger partial charge >= 0.3 is 0 Å². The number of benzene rings is 2. The van der Waals surface area contributed by atoms with Crippen LogP contribution < -0.4 is 5.73 Å². The number of nitrogens with zero attached hydrogens (tertiary/aromatic N) is 2. The number of nitrogen functional groups attached to an aromatic ring is 1. The van der Waals surface area contributed by atoms with Crippen LogP contribution in [0.25, 0.3) is 22.0 Å². The maximum Gasteiger partial charge on any atom is 0.219 e. The van der Waals surface area contributed by atoms with Gasteiger partial charge in [0.25, 0.3) is 0 Å². The van der Waals surface area contributed by atoms with E-state index in [1.165, 1.54) is 47.7 Å². The van der Waals surface area contributed by atoms with Gasteiger partial charge < -0.3 is 10.7 Å². The molecular weight excluding hydrogens is 332 g/mol. The first-order chi connectivity index (χ1) is 13.3. The van der Waals surface area contributed by atoms with Crippen molar-refractivity contribution >= 4 is 16.9 Å². The van der Waals surface area contributed by atoms with E-state index < -0.39 is 0 Å². The molecule has 0 spiro atoms. The second kappa shape index (κ2) is 6.23. The van der Waals surface area contributed by atoms with Gasteiger partial charge in [-0.1, -0.05) is 55.3 Å². The van der Waals surface area contributed by atoms with Crippen LogP contribution in [-0.4, -0.2) is 15.0 Å². The molecule has 3 N–H and O–H groups in total. The minimum absolute atomic E-state index is 0.0930. The van der Waals surface area contributed by atoms with Gasteiger partial charge in [0.15, 0.2) is 0 Å². The van der Waals surface area contributed by atoms with Crippen molar-refractivity contribution in [2.75, 3.05) is 5.73 Å². The summed E-state index contributed by atoms with van der Waals surface area (Å²) in [5.74, 6) is 0.305. The highest BCUT2D eigenvalue weighted by Crippen LogP contribution is 2.48. The number of anilines is 1. The Morgan fingerprint density at radius 3 is 2.30 bits per heavy atom. The summed E-state index contributed by atoms with van der Waals surface area (Å²) in [4.78, 5) is 11.7. The maximum absolute atomic E-state index is 5.60. The molecule has 1 saturated carbocycles. The predicted molar refractivity (Wildman–Crippen MR) is 109 cm³/mol. The minimum atomic E-state index is 0.0930. The summed E-state index contributed by atoms with van der Waals surface area (Å²) in [5.41, 5.74) is 11.8. The summed E-state index contributed by atoms with van der Waals surface area (Å²) in [5, 5.41) is 1.34. The number of H-pyrrole nitrogens is 1. The predicted octanol–water partition coefficient (Wildman–Crippen LogP) is 5.07. The van der Waals surface area contributed by atoms with Crippen molar-refractivity contribution in [2.45, 2.75) is 31.1 Å². The van der Waals surface area contributed by atoms with E-state index in [9.17, 15) is 0 Å². The summed E-state index contributed by atoms with van der Waals surface area (Å²) in [6, 6.07) is 17.5. The smallest absolute Gasteiger partial charge is 0.219 e. The molecule has 0 saturated heterocycles. The minimum Gasteiger partial charge on any atom is -0.368 e. The van der Waals surface area contributed by atoms with E-state index in [2.05, 4.69) is 69.7 Å². The van der Waals surface area contributed by atoms with E-state index in [0.717, 1.165) is 11.1 Å². The molecule has 1 fully saturated rings. The van der Waals surface area contributed by atoms with Crippen LogP contribution in [0.3, 0.4) is 0 Å². The van der Waals surface area contributed by atoms with Gasteiger partial charge in [0.05, 0.1) is 0 Å². The first-order valence-corrected chi connectivity index (χ1v) is 9.51. The molecule has 0 unspecified atom stereocenters. The normalized spacial score (nSPS) is 16.0. The lowest BCUT2D eigenvalue weighted by molar-refractivity contribution is 0.540. The van der Waals surface area contributed by atoms with Gasteiger partial charge in [-0.15, -0.1) is 0 Å². The molecule has 0 atom stereocenters. The van der Waals surface area contributed by atoms with E-state index >= 15 is 0 Å². The topological polar surface area (TPSA) is 67.6 Å². The van der Waals surface area contributed by atoms with Crippen molar-refractivity contribution in [1.29, 1.82) is 0 Å². The molecule has 27 heavy (non-hydrogen) atoms. The van der Waals surface area contributed by atoms with Gasteiger partial charge in [-0.05, 0) is 35.6 Å². The third-order valence-corrected chi connectivity index (χ3v) is 6.00. The summed E-state index contributed by atoms with van der Waals surface area (Å²) in [7, 11) is 0. The molecule has 0 bridgehead atoms. The molecule has 0 radical (unpaired) electrons. The highest BCUT2D eigenvalue weighted by molar-refractivity contribution is 5.85. The van der Waals surface area contributed by atoms with Crippen LogP contribution in [-0.2, 0) is 5.41 Å². The third kappa shape index (κ3) is 2.60. The molecule has 2 aromatic heterocycles. The molecule has 134 valence electrons. The van der Waals surface area contributed by atoms with E-state index in [0.29, 0.717) is 5.95 Å². The highest BCUT2D eigenvalue weighted by atomic mass is 15.0. The fourth-order valence-corrected chi connectivity index (χ4v) is 4.63. The first kappa shape index (κ1) is 16.1. The Balaban J connectivity index is 1.59. The number of hydrogen-bond acceptors (Lipinski definition) is 3. The van der Waals surface area contributed by atoms with Gasteiger partial charge in [0.1, 0.15) is 0 Å². The molecule has 4 nitrogen and oxygen atoms in total. The second-order valence-electron chi connectivity index (χ2n) is 7.44. The van der Waals surface area contributed by atoms with Crippen LogP contribution in [0.4, 0.5) is 5.95 Å². The number of fused-ring (bicyclic) bond motifs is 1. The average Bonchev–Trinajstić information content (AvgIpc) is 3.37. The van der Waals surface area contributed by atoms with Crippen molar-refractivity contribution in [3.63, 3.8) is 0 Å². The van der Waals surface area contributed by atoms with Crippen LogP contribution in [0.1, 0.15) is 36.8 Å². The van der Waals surface area contributed by atoms with E-state index in [4.69, 9.17) is 5.73 Å². The Labute approximate surface area is 158 Å². The fraction of sp³-hybridized carbons (Fsp3) is 0.217. The van der Waals surface area contributed by atoms with Crippen LogP contribution in [0.5, 0.6) is 0 Å². The number of aromatic amines is 1. The van der Waals surface area contributed by atoms with Gasteiger partial charge in [-0.2, -0.15) is 0 Å². The lowest BCUT2D eigenvalue weighted by Gasteiger charge is -2.30. The van der Waals surface area contributed by atoms with Crippen LogP contribution in [0.15, 0.2) is 67.1 Å². The van der Waals surface area contributed by atoms with E-state index in [1.54, 1.807) is 12.4 Å². The Morgan fingerprint density at radius 2 is 1.56 bits per heavy atom. The van der Waals surface area contributed by atoms with E-state index in [-0.39, 0.29) is 5.41 Å². The molecule has 2 aromatic carbocycles. The summed E-state index contributed by atoms with van der Waals surface area (Å²) in [6.07, 6.45) is 10.7. The molecule has 1 aliphatic carbocycles. The summed E-state index contributed by atoms with van der Waals surface area (Å²) >= 11 is 0. The zero-order chi connectivity index (χ0) is 18.3. The molecular formula is C23H22N4. The first-order valence-electron chi connectivity index (χ1n) is 9.51. The Hall–Kier alpha value is -3.14. The molecule has 4 heteroatoms. The quantitative estimate of drug-likeness (QED) is 0.540. The lowest BCUT2D eigenvalue weighted by atomic mass is 9.73. The molecule has 2 heterocycles. The SMILES string of the molecule is Nc1ncc(-c2ccc(C3(c4c[nH]c5ccccc45)CCCC3)cc2)cn1. The van der Waals surface area contributed by atoms with Gasteiger partial charge in [-0.3, -0.25) is 0 Å². The number of hydrogen-bond donors (Lipinski definition) is 2. The number of nitrogens with one attached hydrogen (secondary N) is 1. The van der Waals surface area contributed by atoms with Crippen molar-refractivity contribution in [1.82, 2.24) is 15.0 Å². The molecule has 1 aliphatic rings. The molecule has 5 rings (SSSR count). The largest absolute Gasteiger partial charge is 0.368 e. The average molecular weight is 354 g/mol. The third-order valence-electron chi connectivity index (χ3n) is 6.00. The zero-order valence-corrected chi connectivity index (χ0v) is 15.2. The molecule has 0 amide bonds. The van der Waals surface area contributed by atoms with Crippen molar-refractivity contribution < 1.29 is 0 Å². The molecule has 4 aromatic rings. The van der Waals surface area contributed by atoms with Crippen LogP contribution in [0, 0.1) is 0 Å². The number of rotatable bonds is 3. The van der Waals surface area contributed by atoms with E-state index in [1.807, 2.05) is 0 Å². The number of aromatic nitrogens is 3. The fourth-order valence-electron chi connectivity index (χ4n) is 4.63. The van der Waals surface area contributed by atoms with Crippen molar-refractivity contribution in [3.8, 4) is 11.1 Å². The van der Waals surface area contributed by atoms with Crippen LogP contribution >= 0.6 is 0 Å². The Morgan fingerprint density at radius 1 is 0.852 bits per heavy atom. The second-order valence-corrected chi connectivity index (χ2v) is 7.44. The summed E-state index contributed by atoms with van der Waals surface area (Å²) in [6.45, 7) is 0. The Kier molecular flexibility index (Phi) is 3.71. The standard InChI is InChI=1S/C23H22N4/c24-22-26-13-17(14-27-22)16-7-9-18(10-8-16)23(11-3-4-12-23)20-15-25-21-6-2-1-5-19(20)21/h1-2,5-10,13-15,25H,3-4,11-12H2,(H2,24,26,27). The zero-order valence-electron chi connectivity index (χ0n) is 15.2. The highest BCUT2D eigenvalue weighted by Gasteiger charge is 2.38. The van der Waals surface area contributed by atoms with Crippen molar-refractivity contribution in [3.05, 3.63) is 78.2 Å². The molecule has 0 aliphatic heterocycles. The lowest BCUT2D eigenvalue weighted by Crippen LogP contribution is -2.23. The summed E-state index contributed by atoms with van der Waals surface area (Å²) < 4.78 is 0. The Bertz CT molecular complexity index is 1070. The van der Waals surface area contributed by atoms with Crippen LogP contribution in [0.2, 0.25) is 0 Å². The monoisotopic (exact) mass is 354 g/mol. The van der Waals surface area contributed by atoms with Gasteiger partial charge in [0.2, 0.25) is 5.95 Å². The van der Waals surface area contributed by atoms with Crippen molar-refractivity contribution in [2.24, 2.45) is 0 Å². The van der Waals surface area contributed by atoms with Gasteiger partial charge in [0, 0.05) is 40.5 Å². The maximum atomic E-state index is 5.60. The number of para-hydroxylation sites is 1. The number of nitrogens with two attached hydrogens (primary N) is 1. The van der Waals surface area contributed by atoms with Gasteiger partial charge in [-0.25, -0.2) is 9.97 Å².